The molecule has 4 nitrogen and oxygen atoms in total. The molecule has 1 amide bonds. The molecule has 0 saturated heterocycles. The molecular formula is C15H10BrCl2NO3. The average molecular weight is 403 g/mol. The molecule has 0 unspecified atom stereocenters. The number of carbonyl (C=O) groups is 2. The molecule has 2 aromatic carbocycles. The van der Waals surface area contributed by atoms with Gasteiger partial charge in [0.2, 0.25) is 5.91 Å². The van der Waals surface area contributed by atoms with Gasteiger partial charge in [-0.1, -0.05) is 45.2 Å². The first kappa shape index (κ1) is 16.8. The van der Waals surface area contributed by atoms with Gasteiger partial charge < -0.3 is 10.4 Å². The van der Waals surface area contributed by atoms with Crippen LogP contribution in [0.25, 0.3) is 0 Å². The van der Waals surface area contributed by atoms with Gasteiger partial charge in [-0.25, -0.2) is 4.79 Å². The molecule has 0 aromatic heterocycles. The predicted molar refractivity (Wildman–Crippen MR) is 89.9 cm³/mol. The third-order valence-electron chi connectivity index (χ3n) is 2.83. The van der Waals surface area contributed by atoms with E-state index >= 15 is 0 Å². The third-order valence-corrected chi connectivity index (χ3v) is 4.07. The van der Waals surface area contributed by atoms with Crippen LogP contribution in [0.15, 0.2) is 40.9 Å². The van der Waals surface area contributed by atoms with Crippen LogP contribution in [-0.2, 0) is 11.2 Å². The summed E-state index contributed by atoms with van der Waals surface area (Å²) in [5, 5.41) is 12.5. The standard InChI is InChI=1S/C15H10BrCl2NO3/c16-9-2-3-10(15(21)22)13(7-9)19-14(20)6-8-1-4-11(17)12(18)5-8/h1-5,7H,6H2,(H,19,20)(H,21,22). The van der Waals surface area contributed by atoms with Crippen LogP contribution in [0.4, 0.5) is 5.69 Å². The second kappa shape index (κ2) is 7.13. The van der Waals surface area contributed by atoms with Crippen molar-refractivity contribution >= 4 is 56.7 Å². The molecule has 0 aliphatic heterocycles. The molecular weight excluding hydrogens is 393 g/mol. The molecule has 0 aliphatic rings. The molecule has 0 heterocycles. The lowest BCUT2D eigenvalue weighted by molar-refractivity contribution is -0.115. The second-order valence-electron chi connectivity index (χ2n) is 4.47. The normalized spacial score (nSPS) is 10.3. The van der Waals surface area contributed by atoms with Gasteiger partial charge in [-0.05, 0) is 35.9 Å². The first-order valence-electron chi connectivity index (χ1n) is 6.13. The fourth-order valence-electron chi connectivity index (χ4n) is 1.84. The van der Waals surface area contributed by atoms with Crippen molar-refractivity contribution in [2.75, 3.05) is 5.32 Å². The van der Waals surface area contributed by atoms with Crippen molar-refractivity contribution in [2.45, 2.75) is 6.42 Å². The summed E-state index contributed by atoms with van der Waals surface area (Å²) >= 11 is 15.0. The van der Waals surface area contributed by atoms with Gasteiger partial charge in [-0.15, -0.1) is 0 Å². The molecule has 0 saturated carbocycles. The van der Waals surface area contributed by atoms with E-state index in [0.29, 0.717) is 20.1 Å². The largest absolute Gasteiger partial charge is 0.478 e. The average Bonchev–Trinajstić information content (AvgIpc) is 2.42. The highest BCUT2D eigenvalue weighted by atomic mass is 79.9. The van der Waals surface area contributed by atoms with E-state index in [9.17, 15) is 9.59 Å². The zero-order valence-corrected chi connectivity index (χ0v) is 14.2. The Morgan fingerprint density at radius 2 is 1.82 bits per heavy atom. The third kappa shape index (κ3) is 4.22. The van der Waals surface area contributed by atoms with E-state index in [1.807, 2.05) is 0 Å². The maximum absolute atomic E-state index is 12.1. The Morgan fingerprint density at radius 1 is 1.09 bits per heavy atom. The summed E-state index contributed by atoms with van der Waals surface area (Å²) < 4.78 is 0.669. The van der Waals surface area contributed by atoms with E-state index in [2.05, 4.69) is 21.2 Å². The van der Waals surface area contributed by atoms with Crippen molar-refractivity contribution in [3.05, 3.63) is 62.0 Å². The molecule has 0 spiro atoms. The van der Waals surface area contributed by atoms with Gasteiger partial charge in [0.1, 0.15) is 0 Å². The number of carbonyl (C=O) groups excluding carboxylic acids is 1. The molecule has 2 aromatic rings. The second-order valence-corrected chi connectivity index (χ2v) is 6.20. The smallest absolute Gasteiger partial charge is 0.337 e. The van der Waals surface area contributed by atoms with Crippen molar-refractivity contribution in [3.8, 4) is 0 Å². The van der Waals surface area contributed by atoms with E-state index in [1.165, 1.54) is 12.1 Å². The number of hydrogen-bond donors (Lipinski definition) is 2. The molecule has 0 bridgehead atoms. The Bertz CT molecular complexity index is 750. The van der Waals surface area contributed by atoms with Crippen LogP contribution in [0, 0.1) is 0 Å². The predicted octanol–water partition coefficient (Wildman–Crippen LogP) is 4.64. The zero-order chi connectivity index (χ0) is 16.3. The van der Waals surface area contributed by atoms with Crippen LogP contribution in [0.2, 0.25) is 10.0 Å². The summed E-state index contributed by atoms with van der Waals surface area (Å²) in [5.74, 6) is -1.46. The molecule has 0 aliphatic carbocycles. The minimum absolute atomic E-state index is 0.0192. The number of hydrogen-bond acceptors (Lipinski definition) is 2. The molecule has 2 rings (SSSR count). The minimum atomic E-state index is -1.11. The number of nitrogens with one attached hydrogen (secondary N) is 1. The molecule has 0 fully saturated rings. The van der Waals surface area contributed by atoms with E-state index < -0.39 is 5.97 Å². The molecule has 0 radical (unpaired) electrons. The summed E-state index contributed by atoms with van der Waals surface area (Å²) in [6.45, 7) is 0. The van der Waals surface area contributed by atoms with Crippen LogP contribution in [0.1, 0.15) is 15.9 Å². The number of halogens is 3. The maximum atomic E-state index is 12.1. The van der Waals surface area contributed by atoms with E-state index in [4.69, 9.17) is 28.3 Å². The molecule has 22 heavy (non-hydrogen) atoms. The van der Waals surface area contributed by atoms with Crippen LogP contribution < -0.4 is 5.32 Å². The van der Waals surface area contributed by atoms with Gasteiger partial charge in [0.25, 0.3) is 0 Å². The van der Waals surface area contributed by atoms with Crippen molar-refractivity contribution in [1.82, 2.24) is 0 Å². The SMILES string of the molecule is O=C(Cc1ccc(Cl)c(Cl)c1)Nc1cc(Br)ccc1C(=O)O. The molecule has 2 N–H and O–H groups in total. The summed E-state index contributed by atoms with van der Waals surface area (Å²) in [6, 6.07) is 9.44. The number of rotatable bonds is 4. The lowest BCUT2D eigenvalue weighted by atomic mass is 10.1. The maximum Gasteiger partial charge on any atom is 0.337 e. The highest BCUT2D eigenvalue weighted by Crippen LogP contribution is 2.24. The zero-order valence-electron chi connectivity index (χ0n) is 11.1. The quantitative estimate of drug-likeness (QED) is 0.782. The Kier molecular flexibility index (Phi) is 5.45. The minimum Gasteiger partial charge on any atom is -0.478 e. The lowest BCUT2D eigenvalue weighted by Crippen LogP contribution is -2.16. The van der Waals surface area contributed by atoms with Crippen molar-refractivity contribution in [1.29, 1.82) is 0 Å². The van der Waals surface area contributed by atoms with Crippen molar-refractivity contribution in [3.63, 3.8) is 0 Å². The van der Waals surface area contributed by atoms with Gasteiger partial charge >= 0.3 is 5.97 Å². The summed E-state index contributed by atoms with van der Waals surface area (Å²) in [6.07, 6.45) is 0.0580. The van der Waals surface area contributed by atoms with Crippen LogP contribution in [0.3, 0.4) is 0 Å². The first-order chi connectivity index (χ1) is 10.4. The number of aromatic carboxylic acids is 1. The fourth-order valence-corrected chi connectivity index (χ4v) is 2.52. The van der Waals surface area contributed by atoms with Gasteiger partial charge in [0.05, 0.1) is 27.7 Å². The first-order valence-corrected chi connectivity index (χ1v) is 7.68. The van der Waals surface area contributed by atoms with Gasteiger partial charge in [0, 0.05) is 4.47 Å². The fraction of sp³-hybridized carbons (Fsp3) is 0.0667. The van der Waals surface area contributed by atoms with Gasteiger partial charge in [-0.3, -0.25) is 4.79 Å². The van der Waals surface area contributed by atoms with Gasteiger partial charge in [0.15, 0.2) is 0 Å². The Labute approximate surface area is 145 Å². The monoisotopic (exact) mass is 401 g/mol. The molecule has 114 valence electrons. The van der Waals surface area contributed by atoms with Crippen LogP contribution in [0.5, 0.6) is 0 Å². The number of amides is 1. The number of carboxylic acid groups (broad SMARTS) is 1. The highest BCUT2D eigenvalue weighted by Gasteiger charge is 2.13. The van der Waals surface area contributed by atoms with E-state index in [1.54, 1.807) is 24.3 Å². The summed E-state index contributed by atoms with van der Waals surface area (Å²) in [5.41, 5.74) is 0.927. The van der Waals surface area contributed by atoms with Gasteiger partial charge in [-0.2, -0.15) is 0 Å². The summed E-state index contributed by atoms with van der Waals surface area (Å²) in [7, 11) is 0. The number of anilines is 1. The Morgan fingerprint density at radius 3 is 2.45 bits per heavy atom. The Hall–Kier alpha value is -1.56. The number of carboxylic acids is 1. The highest BCUT2D eigenvalue weighted by molar-refractivity contribution is 9.10. The Balaban J connectivity index is 2.16. The van der Waals surface area contributed by atoms with E-state index in [-0.39, 0.29) is 23.6 Å². The summed E-state index contributed by atoms with van der Waals surface area (Å²) in [4.78, 5) is 23.2. The molecule has 0 atom stereocenters. The lowest BCUT2D eigenvalue weighted by Gasteiger charge is -2.09. The van der Waals surface area contributed by atoms with Crippen molar-refractivity contribution < 1.29 is 14.7 Å². The number of benzene rings is 2. The topological polar surface area (TPSA) is 66.4 Å². The van der Waals surface area contributed by atoms with E-state index in [0.717, 1.165) is 0 Å². The molecule has 7 heteroatoms. The van der Waals surface area contributed by atoms with Crippen LogP contribution in [-0.4, -0.2) is 17.0 Å². The van der Waals surface area contributed by atoms with Crippen molar-refractivity contribution in [2.24, 2.45) is 0 Å². The van der Waals surface area contributed by atoms with Crippen LogP contribution >= 0.6 is 39.1 Å².